The Morgan fingerprint density at radius 1 is 0.459 bits per heavy atom. The van der Waals surface area contributed by atoms with Gasteiger partial charge in [-0.25, -0.2) is 18.0 Å². The first-order valence-corrected chi connectivity index (χ1v) is 26.6. The van der Waals surface area contributed by atoms with E-state index >= 15 is 0 Å². The first-order valence-electron chi connectivity index (χ1n) is 24.3. The van der Waals surface area contributed by atoms with Crippen LogP contribution in [0.15, 0.2) is 210 Å². The third-order valence-electron chi connectivity index (χ3n) is 13.1. The molecule has 0 bridgehead atoms. The summed E-state index contributed by atoms with van der Waals surface area (Å²) in [6.45, 7) is 4.74. The average molecular weight is 1020 g/mol. The van der Waals surface area contributed by atoms with Gasteiger partial charge in [-0.2, -0.15) is 9.97 Å². The summed E-state index contributed by atoms with van der Waals surface area (Å²) in [6.07, 6.45) is -0.653. The van der Waals surface area contributed by atoms with Crippen molar-refractivity contribution in [3.8, 4) is 0 Å². The number of hydrogen-bond acceptors (Lipinski definition) is 13. The van der Waals surface area contributed by atoms with Gasteiger partial charge in [-0.1, -0.05) is 157 Å². The molecule has 0 unspecified atom stereocenters. The third-order valence-corrected chi connectivity index (χ3v) is 16.0. The molecule has 0 saturated carbocycles. The lowest BCUT2D eigenvalue weighted by molar-refractivity contribution is 0.0932. The van der Waals surface area contributed by atoms with Crippen molar-refractivity contribution < 1.29 is 36.3 Å². The molecule has 0 N–H and O–H groups in total. The zero-order valence-electron chi connectivity index (χ0n) is 40.2. The molecule has 14 nitrogen and oxygen atoms in total. The van der Waals surface area contributed by atoms with Crippen LogP contribution in [0.5, 0.6) is 0 Å². The normalized spacial score (nSPS) is 14.1. The highest BCUT2D eigenvalue weighted by atomic mass is 32.2. The van der Waals surface area contributed by atoms with E-state index in [-0.39, 0.29) is 35.2 Å². The maximum atomic E-state index is 13.8. The number of oxazole rings is 2. The minimum Gasteiger partial charge on any atom is -0.445 e. The van der Waals surface area contributed by atoms with E-state index in [1.165, 1.54) is 15.7 Å². The molecule has 16 heteroatoms. The lowest BCUT2D eigenvalue weighted by Crippen LogP contribution is -2.49. The van der Waals surface area contributed by atoms with Crippen molar-refractivity contribution in [1.29, 1.82) is 0 Å². The van der Waals surface area contributed by atoms with Gasteiger partial charge in [-0.05, 0) is 63.7 Å². The van der Waals surface area contributed by atoms with E-state index < -0.39 is 9.84 Å². The summed E-state index contributed by atoms with van der Waals surface area (Å²) in [4.78, 5) is 44.5. The molecule has 2 aromatic heterocycles. The monoisotopic (exact) mass is 1020 g/mol. The molecule has 2 aliphatic rings. The van der Waals surface area contributed by atoms with Crippen LogP contribution in [0.25, 0.3) is 43.7 Å². The maximum absolute atomic E-state index is 13.8. The SMILES string of the molecule is O=C(OCc1ccccc1)N1CCN(c2nc3c(S(=O)(=O)c4cccc5ccccc45)cccc3o2)CC1.O=C(OCc1ccccc1)N1CCN(c2nc3c(Sc4cccc5ccccc45)cccc3o2)CC1. The Bertz CT molecular complexity index is 3710. The van der Waals surface area contributed by atoms with E-state index in [0.29, 0.717) is 80.9 Å². The van der Waals surface area contributed by atoms with Gasteiger partial charge >= 0.3 is 12.2 Å². The molecule has 2 fully saturated rings. The Hall–Kier alpha value is -8.34. The Balaban J connectivity index is 0.000000159. The summed E-state index contributed by atoms with van der Waals surface area (Å²) < 4.78 is 50.6. The molecular formula is C58H50N6O8S2. The van der Waals surface area contributed by atoms with E-state index in [1.54, 1.807) is 58.0 Å². The number of benzene rings is 8. The summed E-state index contributed by atoms with van der Waals surface area (Å²) in [5.41, 5.74) is 4.22. The summed E-state index contributed by atoms with van der Waals surface area (Å²) in [5.74, 6) is 0. The summed E-state index contributed by atoms with van der Waals surface area (Å²) in [7, 11) is -3.87. The minimum atomic E-state index is -3.87. The number of aromatic nitrogens is 2. The molecule has 10 aromatic rings. The van der Waals surface area contributed by atoms with Crippen LogP contribution in [0.4, 0.5) is 21.6 Å². The van der Waals surface area contributed by atoms with Crippen molar-refractivity contribution in [2.24, 2.45) is 0 Å². The molecule has 2 saturated heterocycles. The van der Waals surface area contributed by atoms with Crippen molar-refractivity contribution in [3.05, 3.63) is 193 Å². The van der Waals surface area contributed by atoms with Gasteiger partial charge in [0.2, 0.25) is 9.84 Å². The Morgan fingerprint density at radius 3 is 1.49 bits per heavy atom. The second-order valence-corrected chi connectivity index (χ2v) is 20.8. The number of amides is 2. The molecule has 12 rings (SSSR count). The molecule has 0 aliphatic carbocycles. The van der Waals surface area contributed by atoms with E-state index in [2.05, 4.69) is 58.4 Å². The first kappa shape index (κ1) is 48.0. The van der Waals surface area contributed by atoms with Gasteiger partial charge in [0.1, 0.15) is 29.1 Å². The molecule has 0 atom stereocenters. The van der Waals surface area contributed by atoms with E-state index in [0.717, 1.165) is 32.5 Å². The maximum Gasteiger partial charge on any atom is 0.410 e. The van der Waals surface area contributed by atoms with Crippen LogP contribution in [0.3, 0.4) is 0 Å². The quantitative estimate of drug-likeness (QED) is 0.128. The van der Waals surface area contributed by atoms with Gasteiger partial charge in [-0.15, -0.1) is 0 Å². The van der Waals surface area contributed by atoms with Gasteiger partial charge in [-0.3, -0.25) is 0 Å². The lowest BCUT2D eigenvalue weighted by Gasteiger charge is -2.33. The van der Waals surface area contributed by atoms with Crippen molar-refractivity contribution in [2.45, 2.75) is 32.8 Å². The highest BCUT2D eigenvalue weighted by Crippen LogP contribution is 2.39. The number of fused-ring (bicyclic) bond motifs is 4. The van der Waals surface area contributed by atoms with E-state index in [1.807, 2.05) is 102 Å². The van der Waals surface area contributed by atoms with E-state index in [4.69, 9.17) is 23.3 Å². The lowest BCUT2D eigenvalue weighted by atomic mass is 10.1. The number of carbonyl (C=O) groups excluding carboxylic acids is 2. The second kappa shape index (κ2) is 21.4. The number of rotatable bonds is 10. The number of nitrogens with zero attached hydrogens (tertiary/aromatic N) is 6. The highest BCUT2D eigenvalue weighted by Gasteiger charge is 2.29. The van der Waals surface area contributed by atoms with Gasteiger partial charge < -0.3 is 37.9 Å². The van der Waals surface area contributed by atoms with Crippen molar-refractivity contribution >= 4 is 89.6 Å². The van der Waals surface area contributed by atoms with Crippen LogP contribution in [0.1, 0.15) is 11.1 Å². The molecule has 74 heavy (non-hydrogen) atoms. The third kappa shape index (κ3) is 10.3. The fourth-order valence-corrected chi connectivity index (χ4v) is 11.8. The van der Waals surface area contributed by atoms with E-state index in [9.17, 15) is 18.0 Å². The average Bonchev–Trinajstić information content (AvgIpc) is 4.11. The number of sulfone groups is 1. The fraction of sp³-hybridized carbons (Fsp3) is 0.172. The summed E-state index contributed by atoms with van der Waals surface area (Å²) in [6, 6.07) is 58.6. The molecule has 8 aromatic carbocycles. The van der Waals surface area contributed by atoms with Gasteiger partial charge in [0.25, 0.3) is 12.0 Å². The van der Waals surface area contributed by atoms with Crippen LogP contribution in [-0.2, 0) is 32.5 Å². The van der Waals surface area contributed by atoms with Crippen molar-refractivity contribution in [1.82, 2.24) is 19.8 Å². The van der Waals surface area contributed by atoms with Gasteiger partial charge in [0.15, 0.2) is 11.2 Å². The Morgan fingerprint density at radius 2 is 0.892 bits per heavy atom. The Labute approximate surface area is 431 Å². The summed E-state index contributed by atoms with van der Waals surface area (Å²) in [5, 5.41) is 3.95. The first-order chi connectivity index (χ1) is 36.2. The molecule has 0 spiro atoms. The molecule has 4 heterocycles. The fourth-order valence-electron chi connectivity index (χ4n) is 9.13. The predicted molar refractivity (Wildman–Crippen MR) is 286 cm³/mol. The molecular weight excluding hydrogens is 973 g/mol. The number of hydrogen-bond donors (Lipinski definition) is 0. The van der Waals surface area contributed by atoms with Crippen molar-refractivity contribution in [3.63, 3.8) is 0 Å². The zero-order valence-corrected chi connectivity index (χ0v) is 41.8. The minimum absolute atomic E-state index is 0.101. The van der Waals surface area contributed by atoms with Gasteiger partial charge in [0, 0.05) is 67.5 Å². The van der Waals surface area contributed by atoms with Crippen LogP contribution in [0, 0.1) is 0 Å². The Kier molecular flexibility index (Phi) is 13.9. The molecule has 2 aliphatic heterocycles. The zero-order chi connectivity index (χ0) is 50.4. The van der Waals surface area contributed by atoms with Gasteiger partial charge in [0.05, 0.1) is 4.90 Å². The number of ether oxygens (including phenoxy) is 2. The van der Waals surface area contributed by atoms with Crippen LogP contribution in [-0.4, -0.2) is 92.7 Å². The second-order valence-electron chi connectivity index (χ2n) is 17.8. The topological polar surface area (TPSA) is 152 Å². The number of anilines is 2. The number of carbonyl (C=O) groups is 2. The largest absolute Gasteiger partial charge is 0.445 e. The smallest absolute Gasteiger partial charge is 0.410 e. The van der Waals surface area contributed by atoms with Crippen LogP contribution >= 0.6 is 11.8 Å². The van der Waals surface area contributed by atoms with Crippen LogP contribution in [0.2, 0.25) is 0 Å². The summed E-state index contributed by atoms with van der Waals surface area (Å²) >= 11 is 1.70. The molecule has 372 valence electrons. The predicted octanol–water partition coefficient (Wildman–Crippen LogP) is 11.9. The molecule has 0 radical (unpaired) electrons. The van der Waals surface area contributed by atoms with Crippen molar-refractivity contribution in [2.75, 3.05) is 62.2 Å². The van der Waals surface area contributed by atoms with Crippen LogP contribution < -0.4 is 9.80 Å². The molecule has 2 amide bonds. The standard InChI is InChI=1S/C29H25N3O5S.C29H25N3O3S/c33-29(36-20-21-8-2-1-3-9-21)32-18-16-31(17-19-32)28-30-27-24(37-28)13-7-15-26(27)38(34,35)25-14-6-11-22-10-4-5-12-23(22)25;33-29(34-20-21-8-2-1-3-9-21)32-18-16-31(17-19-32)28-30-27-24(35-28)13-7-15-26(27)36-25-14-6-11-22-10-4-5-12-23(22)25/h1-15H,16-20H2;1-15H,16-20H2. The number of para-hydroxylation sites is 2. The highest BCUT2D eigenvalue weighted by molar-refractivity contribution is 7.99. The number of piperazine rings is 2.